The van der Waals surface area contributed by atoms with Crippen molar-refractivity contribution in [1.82, 2.24) is 20.4 Å². The van der Waals surface area contributed by atoms with Gasteiger partial charge in [-0.15, -0.1) is 0 Å². The van der Waals surface area contributed by atoms with Crippen LogP contribution in [0.2, 0.25) is 0 Å². The number of benzene rings is 1. The fourth-order valence-electron chi connectivity index (χ4n) is 3.24. The maximum absolute atomic E-state index is 12.5. The third kappa shape index (κ3) is 4.31. The van der Waals surface area contributed by atoms with E-state index in [-0.39, 0.29) is 11.8 Å². The lowest BCUT2D eigenvalue weighted by Gasteiger charge is -2.27. The zero-order valence-corrected chi connectivity index (χ0v) is 15.3. The third-order valence-corrected chi connectivity index (χ3v) is 4.79. The van der Waals surface area contributed by atoms with Crippen LogP contribution in [0.5, 0.6) is 0 Å². The number of carbonyl (C=O) groups excluding carboxylic acids is 2. The average molecular weight is 354 g/mol. The number of aromatic amines is 1. The molecule has 0 atom stereocenters. The van der Waals surface area contributed by atoms with Crippen LogP contribution in [0.4, 0.5) is 0 Å². The number of carbonyl (C=O) groups is 2. The van der Waals surface area contributed by atoms with Crippen molar-refractivity contribution in [3.8, 4) is 0 Å². The largest absolute Gasteiger partial charge is 0.347 e. The Kier molecular flexibility index (Phi) is 6.04. The molecule has 1 aliphatic heterocycles. The molecular formula is C20H26N4O2. The number of nitrogens with one attached hydrogen (secondary N) is 2. The first-order valence-electron chi connectivity index (χ1n) is 9.35. The van der Waals surface area contributed by atoms with Gasteiger partial charge in [0.25, 0.3) is 5.91 Å². The number of unbranched alkanes of at least 4 members (excludes halogenated alkanes) is 2. The topological polar surface area (TPSA) is 78.1 Å². The molecule has 0 aliphatic carbocycles. The number of rotatable bonds is 7. The van der Waals surface area contributed by atoms with Crippen LogP contribution >= 0.6 is 0 Å². The van der Waals surface area contributed by atoms with Crippen molar-refractivity contribution >= 4 is 11.8 Å². The van der Waals surface area contributed by atoms with E-state index < -0.39 is 0 Å². The molecule has 0 fully saturated rings. The fraction of sp³-hybridized carbons (Fsp3) is 0.450. The van der Waals surface area contributed by atoms with Gasteiger partial charge in [0.1, 0.15) is 0 Å². The monoisotopic (exact) mass is 354 g/mol. The maximum atomic E-state index is 12.5. The normalized spacial score (nSPS) is 13.3. The second kappa shape index (κ2) is 8.65. The average Bonchev–Trinajstić information content (AvgIpc) is 3.10. The molecule has 1 aliphatic rings. The van der Waals surface area contributed by atoms with E-state index in [0.29, 0.717) is 38.2 Å². The minimum absolute atomic E-state index is 0.168. The molecule has 0 saturated carbocycles. The highest BCUT2D eigenvalue weighted by Gasteiger charge is 2.27. The van der Waals surface area contributed by atoms with Gasteiger partial charge in [0.2, 0.25) is 5.91 Å². The number of aromatic nitrogens is 2. The standard InChI is InChI=1S/C20H26N4O2/c1-2-3-5-10-18(25)24-12-11-17-16(14-24)19(23-22-17)20(26)21-13-15-8-6-4-7-9-15/h4,6-9H,2-3,5,10-14H2,1H3,(H,21,26)(H,22,23). The summed E-state index contributed by atoms with van der Waals surface area (Å²) in [6.45, 7) is 3.74. The molecule has 138 valence electrons. The van der Waals surface area contributed by atoms with Gasteiger partial charge in [-0.1, -0.05) is 50.1 Å². The number of hydrogen-bond acceptors (Lipinski definition) is 3. The minimum atomic E-state index is -0.202. The van der Waals surface area contributed by atoms with Crippen LogP contribution in [-0.4, -0.2) is 33.5 Å². The van der Waals surface area contributed by atoms with Crippen LogP contribution in [0.1, 0.15) is 59.9 Å². The number of hydrogen-bond donors (Lipinski definition) is 2. The number of nitrogens with zero attached hydrogens (tertiary/aromatic N) is 2. The van der Waals surface area contributed by atoms with Crippen LogP contribution in [0.3, 0.4) is 0 Å². The Bertz CT molecular complexity index is 754. The number of H-pyrrole nitrogens is 1. The lowest BCUT2D eigenvalue weighted by atomic mass is 10.0. The van der Waals surface area contributed by atoms with E-state index in [9.17, 15) is 9.59 Å². The van der Waals surface area contributed by atoms with Gasteiger partial charge in [0.15, 0.2) is 5.69 Å². The van der Waals surface area contributed by atoms with Crippen molar-refractivity contribution in [2.75, 3.05) is 6.54 Å². The van der Waals surface area contributed by atoms with E-state index in [1.165, 1.54) is 0 Å². The van der Waals surface area contributed by atoms with Gasteiger partial charge in [-0.05, 0) is 12.0 Å². The Morgan fingerprint density at radius 2 is 2.04 bits per heavy atom. The minimum Gasteiger partial charge on any atom is -0.347 e. The molecule has 1 aromatic heterocycles. The zero-order chi connectivity index (χ0) is 18.4. The van der Waals surface area contributed by atoms with Gasteiger partial charge < -0.3 is 10.2 Å². The fourth-order valence-corrected chi connectivity index (χ4v) is 3.24. The van der Waals surface area contributed by atoms with Crippen molar-refractivity contribution in [2.24, 2.45) is 0 Å². The van der Waals surface area contributed by atoms with Gasteiger partial charge in [0.05, 0.1) is 0 Å². The Hall–Kier alpha value is -2.63. The summed E-state index contributed by atoms with van der Waals surface area (Å²) >= 11 is 0. The van der Waals surface area contributed by atoms with Gasteiger partial charge in [-0.25, -0.2) is 0 Å². The predicted octanol–water partition coefficient (Wildman–Crippen LogP) is 2.80. The van der Waals surface area contributed by atoms with Crippen LogP contribution in [-0.2, 0) is 24.3 Å². The molecule has 26 heavy (non-hydrogen) atoms. The van der Waals surface area contributed by atoms with Crippen LogP contribution < -0.4 is 5.32 Å². The molecular weight excluding hydrogens is 328 g/mol. The van der Waals surface area contributed by atoms with E-state index in [2.05, 4.69) is 22.4 Å². The van der Waals surface area contributed by atoms with Crippen molar-refractivity contribution in [3.63, 3.8) is 0 Å². The molecule has 0 spiro atoms. The molecule has 0 unspecified atom stereocenters. The molecule has 2 amide bonds. The van der Waals surface area contributed by atoms with E-state index in [1.54, 1.807) is 0 Å². The maximum Gasteiger partial charge on any atom is 0.272 e. The van der Waals surface area contributed by atoms with Gasteiger partial charge in [-0.3, -0.25) is 14.7 Å². The highest BCUT2D eigenvalue weighted by atomic mass is 16.2. The second-order valence-corrected chi connectivity index (χ2v) is 6.72. The molecule has 6 nitrogen and oxygen atoms in total. The Morgan fingerprint density at radius 1 is 1.23 bits per heavy atom. The number of fused-ring (bicyclic) bond motifs is 1. The molecule has 2 N–H and O–H groups in total. The highest BCUT2D eigenvalue weighted by Crippen LogP contribution is 2.21. The quantitative estimate of drug-likeness (QED) is 0.751. The van der Waals surface area contributed by atoms with Gasteiger partial charge >= 0.3 is 0 Å². The lowest BCUT2D eigenvalue weighted by Crippen LogP contribution is -2.36. The first-order valence-corrected chi connectivity index (χ1v) is 9.35. The summed E-state index contributed by atoms with van der Waals surface area (Å²) in [5, 5.41) is 10.1. The molecule has 3 rings (SSSR count). The van der Waals surface area contributed by atoms with Crippen molar-refractivity contribution < 1.29 is 9.59 Å². The van der Waals surface area contributed by atoms with E-state index in [0.717, 1.165) is 36.1 Å². The molecule has 0 radical (unpaired) electrons. The molecule has 0 bridgehead atoms. The Labute approximate surface area is 154 Å². The SMILES string of the molecule is CCCCCC(=O)N1CCc2[nH]nc(C(=O)NCc3ccccc3)c2C1. The van der Waals surface area contributed by atoms with E-state index >= 15 is 0 Å². The third-order valence-electron chi connectivity index (χ3n) is 4.79. The molecule has 2 heterocycles. The summed E-state index contributed by atoms with van der Waals surface area (Å²) in [5.74, 6) is -0.0346. The van der Waals surface area contributed by atoms with Crippen LogP contribution in [0, 0.1) is 0 Å². The van der Waals surface area contributed by atoms with Crippen molar-refractivity contribution in [2.45, 2.75) is 52.1 Å². The Balaban J connectivity index is 1.62. The molecule has 1 aromatic carbocycles. The van der Waals surface area contributed by atoms with Gasteiger partial charge in [0, 0.05) is 43.7 Å². The van der Waals surface area contributed by atoms with Gasteiger partial charge in [-0.2, -0.15) is 5.10 Å². The summed E-state index contributed by atoms with van der Waals surface area (Å²) < 4.78 is 0. The second-order valence-electron chi connectivity index (χ2n) is 6.72. The first kappa shape index (κ1) is 18.2. The summed E-state index contributed by atoms with van der Waals surface area (Å²) in [5.41, 5.74) is 3.26. The van der Waals surface area contributed by atoms with Crippen LogP contribution in [0.25, 0.3) is 0 Å². The van der Waals surface area contributed by atoms with Crippen LogP contribution in [0.15, 0.2) is 30.3 Å². The molecule has 2 aromatic rings. The first-order chi connectivity index (χ1) is 12.7. The predicted molar refractivity (Wildman–Crippen MR) is 99.5 cm³/mol. The summed E-state index contributed by atoms with van der Waals surface area (Å²) in [6.07, 6.45) is 4.40. The van der Waals surface area contributed by atoms with E-state index in [1.807, 2.05) is 35.2 Å². The smallest absolute Gasteiger partial charge is 0.272 e. The van der Waals surface area contributed by atoms with Crippen molar-refractivity contribution in [3.05, 3.63) is 52.8 Å². The highest BCUT2D eigenvalue weighted by molar-refractivity contribution is 5.94. The summed E-state index contributed by atoms with van der Waals surface area (Å²) in [4.78, 5) is 26.8. The summed E-state index contributed by atoms with van der Waals surface area (Å²) in [6, 6.07) is 9.77. The lowest BCUT2D eigenvalue weighted by molar-refractivity contribution is -0.132. The molecule has 0 saturated heterocycles. The number of amides is 2. The van der Waals surface area contributed by atoms with E-state index in [4.69, 9.17) is 0 Å². The van der Waals surface area contributed by atoms with Crippen molar-refractivity contribution in [1.29, 1.82) is 0 Å². The zero-order valence-electron chi connectivity index (χ0n) is 15.3. The molecule has 6 heteroatoms. The Morgan fingerprint density at radius 3 is 2.81 bits per heavy atom. The summed E-state index contributed by atoms with van der Waals surface area (Å²) in [7, 11) is 0.